The van der Waals surface area contributed by atoms with Gasteiger partial charge in [0.25, 0.3) is 5.56 Å². The van der Waals surface area contributed by atoms with Gasteiger partial charge in [0.1, 0.15) is 17.1 Å². The van der Waals surface area contributed by atoms with Gasteiger partial charge in [-0.2, -0.15) is 0 Å². The lowest BCUT2D eigenvalue weighted by Gasteiger charge is -2.29. The van der Waals surface area contributed by atoms with Crippen molar-refractivity contribution in [3.8, 4) is 5.75 Å². The van der Waals surface area contributed by atoms with Crippen LogP contribution < -0.4 is 10.3 Å². The van der Waals surface area contributed by atoms with E-state index in [0.717, 1.165) is 44.8 Å². The lowest BCUT2D eigenvalue weighted by Crippen LogP contribution is -2.35. The summed E-state index contributed by atoms with van der Waals surface area (Å²) in [5, 5.41) is 0. The number of hydrogen-bond acceptors (Lipinski definition) is 7. The molecule has 1 unspecified atom stereocenters. The molecule has 2 aliphatic rings. The summed E-state index contributed by atoms with van der Waals surface area (Å²) in [6.45, 7) is 5.22. The molecule has 0 amide bonds. The fourth-order valence-electron chi connectivity index (χ4n) is 4.73. The third kappa shape index (κ3) is 5.75. The largest absolute Gasteiger partial charge is 0.492 e. The van der Waals surface area contributed by atoms with E-state index in [-0.39, 0.29) is 5.56 Å². The molecule has 2 aromatic rings. The van der Waals surface area contributed by atoms with Gasteiger partial charge in [-0.05, 0) is 44.6 Å². The zero-order valence-electron chi connectivity index (χ0n) is 19.5. The van der Waals surface area contributed by atoms with Crippen LogP contribution in [-0.4, -0.2) is 73.8 Å². The van der Waals surface area contributed by atoms with Crippen molar-refractivity contribution < 1.29 is 18.7 Å². The van der Waals surface area contributed by atoms with Crippen LogP contribution in [0.5, 0.6) is 5.75 Å². The van der Waals surface area contributed by atoms with Crippen LogP contribution in [0.15, 0.2) is 39.7 Å². The molecule has 8 nitrogen and oxygen atoms in total. The Morgan fingerprint density at radius 1 is 1.27 bits per heavy atom. The number of esters is 1. The normalized spacial score (nSPS) is 19.9. The van der Waals surface area contributed by atoms with E-state index in [1.54, 1.807) is 10.8 Å². The van der Waals surface area contributed by atoms with Gasteiger partial charge < -0.3 is 23.4 Å². The Morgan fingerprint density at radius 2 is 2.15 bits per heavy atom. The molecule has 0 saturated carbocycles. The number of pyridine rings is 1. The zero-order valence-corrected chi connectivity index (χ0v) is 19.5. The number of nitrogens with zero attached hydrogens (tertiary/aromatic N) is 3. The van der Waals surface area contributed by atoms with E-state index in [4.69, 9.17) is 13.9 Å². The van der Waals surface area contributed by atoms with Gasteiger partial charge in [-0.1, -0.05) is 6.08 Å². The van der Waals surface area contributed by atoms with Gasteiger partial charge in [-0.15, -0.1) is 0 Å². The van der Waals surface area contributed by atoms with Gasteiger partial charge in [0.2, 0.25) is 0 Å². The Kier molecular flexibility index (Phi) is 7.67. The molecule has 1 atom stereocenters. The zero-order chi connectivity index (χ0) is 23.2. The van der Waals surface area contributed by atoms with Gasteiger partial charge >= 0.3 is 5.97 Å². The molecule has 0 N–H and O–H groups in total. The van der Waals surface area contributed by atoms with Crippen molar-refractivity contribution in [2.75, 3.05) is 53.5 Å². The molecule has 4 heterocycles. The van der Waals surface area contributed by atoms with E-state index in [1.165, 1.54) is 13.2 Å². The van der Waals surface area contributed by atoms with Crippen molar-refractivity contribution in [2.24, 2.45) is 5.92 Å². The number of rotatable bonds is 7. The molecule has 0 bridgehead atoms. The topological polar surface area (TPSA) is 77.2 Å². The number of carbonyl (C=O) groups excluding carboxylic acids is 1. The Hall–Kier alpha value is -2.84. The molecule has 1 fully saturated rings. The van der Waals surface area contributed by atoms with Crippen LogP contribution in [0.4, 0.5) is 0 Å². The first-order chi connectivity index (χ1) is 16.0. The number of piperidine rings is 1. The number of furan rings is 1. The maximum Gasteiger partial charge on any atom is 0.343 e. The van der Waals surface area contributed by atoms with Gasteiger partial charge in [0, 0.05) is 56.8 Å². The fourth-order valence-corrected chi connectivity index (χ4v) is 4.73. The van der Waals surface area contributed by atoms with Gasteiger partial charge in [-0.25, -0.2) is 4.79 Å². The number of hydrogen-bond donors (Lipinski definition) is 0. The average molecular weight is 456 g/mol. The van der Waals surface area contributed by atoms with Crippen molar-refractivity contribution in [1.29, 1.82) is 0 Å². The van der Waals surface area contributed by atoms with E-state index in [9.17, 15) is 9.59 Å². The Balaban J connectivity index is 1.51. The quantitative estimate of drug-likeness (QED) is 0.594. The van der Waals surface area contributed by atoms with Crippen LogP contribution in [0.25, 0.3) is 6.08 Å². The van der Waals surface area contributed by atoms with E-state index >= 15 is 0 Å². The maximum absolute atomic E-state index is 13.0. The summed E-state index contributed by atoms with van der Waals surface area (Å²) in [6.07, 6.45) is 8.42. The van der Waals surface area contributed by atoms with Crippen LogP contribution in [0.2, 0.25) is 0 Å². The molecule has 0 aromatic carbocycles. The second-order valence-electron chi connectivity index (χ2n) is 8.86. The summed E-state index contributed by atoms with van der Waals surface area (Å²) in [5.74, 6) is 1.08. The first kappa shape index (κ1) is 23.3. The standard InChI is InChI=1S/C25H33N3O5/c1-26-10-3-6-19(17-26)18-33-22-16-23(29)28-14-13-27(11-4-7-20-8-5-15-32-20)12-9-21(28)24(22)25(30)31-2/h4-5,7-8,15-16,19H,3,6,9-14,17-18H2,1-2H3. The molecule has 1 saturated heterocycles. The predicted molar refractivity (Wildman–Crippen MR) is 126 cm³/mol. The molecule has 2 aromatic heterocycles. The predicted octanol–water partition coefficient (Wildman–Crippen LogP) is 2.52. The summed E-state index contributed by atoms with van der Waals surface area (Å²) in [6, 6.07) is 5.22. The number of fused-ring (bicyclic) bond motifs is 1. The minimum absolute atomic E-state index is 0.138. The van der Waals surface area contributed by atoms with Crippen molar-refractivity contribution in [3.63, 3.8) is 0 Å². The van der Waals surface area contributed by atoms with Crippen LogP contribution in [0, 0.1) is 5.92 Å². The molecule has 178 valence electrons. The van der Waals surface area contributed by atoms with Crippen molar-refractivity contribution in [1.82, 2.24) is 14.4 Å². The third-order valence-electron chi connectivity index (χ3n) is 6.46. The highest BCUT2D eigenvalue weighted by Crippen LogP contribution is 2.25. The van der Waals surface area contributed by atoms with Gasteiger partial charge in [0.05, 0.1) is 20.0 Å². The van der Waals surface area contributed by atoms with Gasteiger partial charge in [0.15, 0.2) is 0 Å². The highest BCUT2D eigenvalue weighted by molar-refractivity contribution is 5.93. The monoisotopic (exact) mass is 455 g/mol. The van der Waals surface area contributed by atoms with Crippen LogP contribution in [0.1, 0.15) is 34.7 Å². The molecular formula is C25H33N3O5. The Bertz CT molecular complexity index is 1030. The third-order valence-corrected chi connectivity index (χ3v) is 6.46. The minimum Gasteiger partial charge on any atom is -0.492 e. The summed E-state index contributed by atoms with van der Waals surface area (Å²) >= 11 is 0. The first-order valence-electron chi connectivity index (χ1n) is 11.6. The fraction of sp³-hybridized carbons (Fsp3) is 0.520. The summed E-state index contributed by atoms with van der Waals surface area (Å²) in [7, 11) is 3.48. The summed E-state index contributed by atoms with van der Waals surface area (Å²) in [4.78, 5) is 30.3. The molecule has 8 heteroatoms. The second-order valence-corrected chi connectivity index (χ2v) is 8.86. The number of methoxy groups -OCH3 is 1. The molecule has 2 aliphatic heterocycles. The van der Waals surface area contributed by atoms with Crippen molar-refractivity contribution in [2.45, 2.75) is 25.8 Å². The molecule has 0 spiro atoms. The molecule has 0 radical (unpaired) electrons. The molecule has 33 heavy (non-hydrogen) atoms. The smallest absolute Gasteiger partial charge is 0.343 e. The minimum atomic E-state index is -0.458. The van der Waals surface area contributed by atoms with Crippen LogP contribution >= 0.6 is 0 Å². The summed E-state index contributed by atoms with van der Waals surface area (Å²) in [5.41, 5.74) is 0.943. The number of aromatic nitrogens is 1. The molecular weight excluding hydrogens is 422 g/mol. The Morgan fingerprint density at radius 3 is 2.91 bits per heavy atom. The lowest BCUT2D eigenvalue weighted by atomic mass is 9.99. The highest BCUT2D eigenvalue weighted by atomic mass is 16.5. The van der Waals surface area contributed by atoms with E-state index in [1.807, 2.05) is 18.2 Å². The molecule has 0 aliphatic carbocycles. The van der Waals surface area contributed by atoms with E-state index < -0.39 is 5.97 Å². The van der Waals surface area contributed by atoms with Gasteiger partial charge in [-0.3, -0.25) is 9.69 Å². The van der Waals surface area contributed by atoms with Crippen LogP contribution in [0.3, 0.4) is 0 Å². The molecule has 4 rings (SSSR count). The lowest BCUT2D eigenvalue weighted by molar-refractivity contribution is 0.0590. The van der Waals surface area contributed by atoms with Crippen LogP contribution in [-0.2, 0) is 17.7 Å². The Labute approximate surface area is 194 Å². The van der Waals surface area contributed by atoms with Crippen molar-refractivity contribution >= 4 is 12.0 Å². The van der Waals surface area contributed by atoms with Crippen molar-refractivity contribution in [3.05, 3.63) is 57.9 Å². The number of likely N-dealkylation sites (tertiary alicyclic amines) is 1. The highest BCUT2D eigenvalue weighted by Gasteiger charge is 2.27. The van der Waals surface area contributed by atoms with E-state index in [2.05, 4.69) is 22.9 Å². The van der Waals surface area contributed by atoms with E-state index in [0.29, 0.717) is 49.0 Å². The average Bonchev–Trinajstić information content (AvgIpc) is 3.24. The number of carbonyl (C=O) groups is 1. The SMILES string of the molecule is COC(=O)c1c(OCC2CCCN(C)C2)cc(=O)n2c1CCN(CC=Cc1ccco1)CC2. The summed E-state index contributed by atoms with van der Waals surface area (Å²) < 4.78 is 18.2. The first-order valence-corrected chi connectivity index (χ1v) is 11.6. The maximum atomic E-state index is 13.0. The second kappa shape index (κ2) is 10.9. The number of ether oxygens (including phenoxy) is 2.